The predicted molar refractivity (Wildman–Crippen MR) is 150 cm³/mol. The minimum atomic E-state index is -3.92. The van der Waals surface area contributed by atoms with E-state index in [-0.39, 0.29) is 50.7 Å². The van der Waals surface area contributed by atoms with Crippen LogP contribution >= 0.6 is 11.3 Å². The zero-order chi connectivity index (χ0) is 29.5. The molecule has 5 aromatic rings. The van der Waals surface area contributed by atoms with Gasteiger partial charge < -0.3 is 19.9 Å². The lowest BCUT2D eigenvalue weighted by Gasteiger charge is -2.22. The summed E-state index contributed by atoms with van der Waals surface area (Å²) < 4.78 is 60.9. The first-order chi connectivity index (χ1) is 19.3. The fraction of sp³-hybridized carbons (Fsp3) is 0.172. The van der Waals surface area contributed by atoms with Gasteiger partial charge in [0.2, 0.25) is 0 Å². The van der Waals surface area contributed by atoms with E-state index in [2.05, 4.69) is 9.97 Å². The Balaban J connectivity index is 1.48. The second-order valence-electron chi connectivity index (χ2n) is 9.68. The quantitative estimate of drug-likeness (QED) is 0.189. The van der Waals surface area contributed by atoms with Crippen molar-refractivity contribution >= 4 is 38.0 Å². The third kappa shape index (κ3) is 5.71. The zero-order valence-electron chi connectivity index (χ0n) is 21.8. The highest BCUT2D eigenvalue weighted by Crippen LogP contribution is 2.40. The third-order valence-corrected chi connectivity index (χ3v) is 8.62. The van der Waals surface area contributed by atoms with Crippen molar-refractivity contribution in [3.05, 3.63) is 94.6 Å². The number of aliphatic hydroxyl groups is 1. The average Bonchev–Trinajstić information content (AvgIpc) is 3.58. The number of benzene rings is 3. The number of nitrogens with zero attached hydrogens (tertiary/aromatic N) is 1. The van der Waals surface area contributed by atoms with E-state index in [0.717, 1.165) is 35.3 Å². The molecule has 12 heteroatoms. The summed E-state index contributed by atoms with van der Waals surface area (Å²) in [4.78, 5) is 17.8. The Morgan fingerprint density at radius 2 is 1.90 bits per heavy atom. The molecule has 0 amide bonds. The van der Waals surface area contributed by atoms with E-state index in [0.29, 0.717) is 5.56 Å². The van der Waals surface area contributed by atoms with Crippen LogP contribution in [0.25, 0.3) is 21.5 Å². The number of aromatic amines is 1. The molecule has 41 heavy (non-hydrogen) atoms. The number of H-pyrrole nitrogens is 1. The lowest BCUT2D eigenvalue weighted by Crippen LogP contribution is -2.23. The van der Waals surface area contributed by atoms with Crippen molar-refractivity contribution in [3.63, 3.8) is 0 Å². The van der Waals surface area contributed by atoms with Crippen LogP contribution in [0.5, 0.6) is 11.5 Å². The molecule has 0 bridgehead atoms. The third-order valence-electron chi connectivity index (χ3n) is 6.60. The molecule has 0 spiro atoms. The Hall–Kier alpha value is -4.13. The van der Waals surface area contributed by atoms with Gasteiger partial charge in [-0.3, -0.25) is 4.79 Å². The van der Waals surface area contributed by atoms with Crippen molar-refractivity contribution < 1.29 is 36.9 Å². The minimum absolute atomic E-state index is 0.00814. The highest BCUT2D eigenvalue weighted by Gasteiger charge is 2.30. The van der Waals surface area contributed by atoms with E-state index in [1.807, 2.05) is 0 Å². The van der Waals surface area contributed by atoms with Crippen LogP contribution in [-0.4, -0.2) is 40.8 Å². The molecule has 0 radical (unpaired) electrons. The lowest BCUT2D eigenvalue weighted by atomic mass is 9.91. The van der Waals surface area contributed by atoms with E-state index < -0.39 is 38.8 Å². The van der Waals surface area contributed by atoms with Gasteiger partial charge in [-0.15, -0.1) is 11.3 Å². The van der Waals surface area contributed by atoms with Crippen LogP contribution in [-0.2, 0) is 26.7 Å². The minimum Gasteiger partial charge on any atom is -0.481 e. The van der Waals surface area contributed by atoms with Crippen molar-refractivity contribution in [3.8, 4) is 22.1 Å². The molecule has 5 rings (SSSR count). The zero-order valence-corrected chi connectivity index (χ0v) is 23.4. The average molecular weight is 599 g/mol. The van der Waals surface area contributed by atoms with Crippen molar-refractivity contribution in [1.82, 2.24) is 9.97 Å². The maximum absolute atomic E-state index is 15.0. The van der Waals surface area contributed by atoms with E-state index in [4.69, 9.17) is 9.84 Å². The Kier molecular flexibility index (Phi) is 7.41. The van der Waals surface area contributed by atoms with Crippen LogP contribution in [0.15, 0.2) is 71.1 Å². The lowest BCUT2D eigenvalue weighted by molar-refractivity contribution is -0.136. The van der Waals surface area contributed by atoms with Gasteiger partial charge in [-0.2, -0.15) is 0 Å². The number of carbonyl (C=O) groups is 1. The summed E-state index contributed by atoms with van der Waals surface area (Å²) in [6.45, 7) is 1.53. The first kappa shape index (κ1) is 28.4. The summed E-state index contributed by atoms with van der Waals surface area (Å²) in [5.74, 6) is -3.03. The summed E-state index contributed by atoms with van der Waals surface area (Å²) in [6, 6.07) is 13.1. The molecule has 1 unspecified atom stereocenters. The van der Waals surface area contributed by atoms with Crippen LogP contribution in [0.4, 0.5) is 8.78 Å². The first-order valence-corrected chi connectivity index (χ1v) is 15.1. The fourth-order valence-electron chi connectivity index (χ4n) is 4.49. The molecule has 0 aliphatic carbocycles. The number of sulfone groups is 1. The van der Waals surface area contributed by atoms with Crippen LogP contribution < -0.4 is 4.74 Å². The molecule has 0 aliphatic rings. The number of aryl methyl sites for hydroxylation is 1. The summed E-state index contributed by atoms with van der Waals surface area (Å²) in [7, 11) is -3.92. The molecule has 3 aromatic carbocycles. The highest BCUT2D eigenvalue weighted by molar-refractivity contribution is 7.91. The molecular weight excluding hydrogens is 574 g/mol. The predicted octanol–water partition coefficient (Wildman–Crippen LogP) is 6.04. The largest absolute Gasteiger partial charge is 0.481 e. The molecule has 8 nitrogen and oxygen atoms in total. The molecule has 0 saturated carbocycles. The highest BCUT2D eigenvalue weighted by atomic mass is 32.2. The molecule has 1 atom stereocenters. The number of hydrogen-bond donors (Lipinski definition) is 3. The van der Waals surface area contributed by atoms with Crippen molar-refractivity contribution in [1.29, 1.82) is 0 Å². The van der Waals surface area contributed by atoms with Gasteiger partial charge in [-0.1, -0.05) is 24.3 Å². The summed E-state index contributed by atoms with van der Waals surface area (Å²) in [5.41, 5.74) is 0.173. The summed E-state index contributed by atoms with van der Waals surface area (Å²) in [6.07, 6.45) is 2.67. The molecule has 2 heterocycles. The molecule has 0 fully saturated rings. The number of halogens is 2. The van der Waals surface area contributed by atoms with Gasteiger partial charge in [0.05, 0.1) is 5.69 Å². The Bertz CT molecular complexity index is 1900. The number of ether oxygens (including phenoxy) is 1. The number of aliphatic carboxylic acids is 1. The van der Waals surface area contributed by atoms with Gasteiger partial charge >= 0.3 is 5.97 Å². The maximum Gasteiger partial charge on any atom is 0.303 e. The molecule has 0 aliphatic heterocycles. The molecule has 0 saturated heterocycles. The van der Waals surface area contributed by atoms with Gasteiger partial charge in [0, 0.05) is 46.8 Å². The molecule has 212 valence electrons. The topological polar surface area (TPSA) is 130 Å². The Morgan fingerprint density at radius 1 is 1.12 bits per heavy atom. The summed E-state index contributed by atoms with van der Waals surface area (Å²) in [5, 5.41) is 22.4. The number of fused-ring (bicyclic) bond motifs is 1. The summed E-state index contributed by atoms with van der Waals surface area (Å²) >= 11 is 1.07. The SMILES string of the molecule is CC(O)(c1cccc(CCC(=O)O)c1)c1csc(-c2cc(Oc3c(F)cc4[nH]ccc4c3S(C)(=O)=O)ccc2F)n1. The van der Waals surface area contributed by atoms with Gasteiger partial charge in [0.15, 0.2) is 21.4 Å². The molecule has 3 N–H and O–H groups in total. The van der Waals surface area contributed by atoms with Crippen LogP contribution in [0.2, 0.25) is 0 Å². The Morgan fingerprint density at radius 3 is 2.63 bits per heavy atom. The van der Waals surface area contributed by atoms with Gasteiger partial charge in [0.25, 0.3) is 0 Å². The Labute approximate surface area is 237 Å². The van der Waals surface area contributed by atoms with Gasteiger partial charge in [0.1, 0.15) is 27.1 Å². The van der Waals surface area contributed by atoms with E-state index in [1.165, 1.54) is 31.3 Å². The van der Waals surface area contributed by atoms with Crippen LogP contribution in [0.3, 0.4) is 0 Å². The maximum atomic E-state index is 15.0. The molecule has 2 aromatic heterocycles. The van der Waals surface area contributed by atoms with Crippen molar-refractivity contribution in [2.75, 3.05) is 6.26 Å². The van der Waals surface area contributed by atoms with E-state index >= 15 is 4.39 Å². The van der Waals surface area contributed by atoms with Gasteiger partial charge in [-0.25, -0.2) is 22.2 Å². The van der Waals surface area contributed by atoms with E-state index in [1.54, 1.807) is 29.6 Å². The number of hydrogen-bond acceptors (Lipinski definition) is 7. The number of thiazole rings is 1. The van der Waals surface area contributed by atoms with Crippen molar-refractivity contribution in [2.45, 2.75) is 30.3 Å². The second kappa shape index (κ2) is 10.7. The standard InChI is InChI=1S/C29H24F2N2O6S2/c1-29(36,17-5-3-4-16(12-17)6-9-25(34)35)24-15-40-28(33-24)20-13-18(7-8-21(20)30)39-26-22(31)14-23-19(10-11-32-23)27(26)41(2,37)38/h3-5,7-8,10-15,32,36H,6,9H2,1-2H3,(H,34,35). The molecular formula is C29H24F2N2O6S2. The number of carboxylic acids is 1. The van der Waals surface area contributed by atoms with Crippen LogP contribution in [0.1, 0.15) is 30.2 Å². The number of rotatable bonds is 9. The normalized spacial score (nSPS) is 13.3. The smallest absolute Gasteiger partial charge is 0.303 e. The second-order valence-corrected chi connectivity index (χ2v) is 12.5. The van der Waals surface area contributed by atoms with Gasteiger partial charge in [-0.05, 0) is 48.7 Å². The fourth-order valence-corrected chi connectivity index (χ4v) is 6.48. The number of nitrogens with one attached hydrogen (secondary N) is 1. The number of aromatic nitrogens is 2. The van der Waals surface area contributed by atoms with Crippen molar-refractivity contribution in [2.24, 2.45) is 0 Å². The van der Waals surface area contributed by atoms with Crippen LogP contribution in [0, 0.1) is 11.6 Å². The first-order valence-electron chi connectivity index (χ1n) is 12.3. The van der Waals surface area contributed by atoms with E-state index in [9.17, 15) is 22.7 Å². The number of carboxylic acid groups (broad SMARTS) is 1. The monoisotopic (exact) mass is 598 g/mol.